The molecule has 1 aromatic rings. The molecule has 0 atom stereocenters. The van der Waals surface area contributed by atoms with E-state index in [0.29, 0.717) is 23.5 Å². The summed E-state index contributed by atoms with van der Waals surface area (Å²) in [6.45, 7) is 11.1. The molecule has 0 aromatic heterocycles. The van der Waals surface area contributed by atoms with Gasteiger partial charge in [-0.3, -0.25) is 9.89 Å². The third-order valence-electron chi connectivity index (χ3n) is 4.37. The van der Waals surface area contributed by atoms with Crippen molar-refractivity contribution in [2.24, 2.45) is 4.99 Å². The van der Waals surface area contributed by atoms with Crippen molar-refractivity contribution in [3.63, 3.8) is 0 Å². The number of aliphatic imine (C=N–C) groups is 1. The smallest absolute Gasteiger partial charge is 0.242 e. The van der Waals surface area contributed by atoms with Crippen molar-refractivity contribution >= 4 is 40.0 Å². The maximum absolute atomic E-state index is 12.1. The number of benzene rings is 1. The minimum absolute atomic E-state index is 0. The molecule has 0 aliphatic heterocycles. The number of nitrogens with zero attached hydrogens (tertiary/aromatic N) is 3. The summed E-state index contributed by atoms with van der Waals surface area (Å²) >= 11 is 0. The number of rotatable bonds is 9. The van der Waals surface area contributed by atoms with Crippen molar-refractivity contribution in [2.45, 2.75) is 51.2 Å². The molecule has 1 rings (SSSR count). The van der Waals surface area contributed by atoms with E-state index in [1.54, 1.807) is 19.2 Å². The summed E-state index contributed by atoms with van der Waals surface area (Å²) in [5.41, 5.74) is 0.988. The van der Waals surface area contributed by atoms with Crippen molar-refractivity contribution < 1.29 is 8.42 Å². The van der Waals surface area contributed by atoms with Gasteiger partial charge in [-0.15, -0.1) is 24.0 Å². The van der Waals surface area contributed by atoms with Gasteiger partial charge in [0.2, 0.25) is 10.0 Å². The molecule has 0 amide bonds. The van der Waals surface area contributed by atoms with Gasteiger partial charge in [0.25, 0.3) is 0 Å². The number of sulfonamides is 1. The fourth-order valence-electron chi connectivity index (χ4n) is 2.81. The SMILES string of the molecule is CN=C(NCCN(C(C)C)C(C)C)NCc1ccc(S(=O)(=O)N(C)C)cc1.I. The zero-order chi connectivity index (χ0) is 20.6. The van der Waals surface area contributed by atoms with E-state index in [1.165, 1.54) is 18.4 Å². The molecule has 28 heavy (non-hydrogen) atoms. The summed E-state index contributed by atoms with van der Waals surface area (Å²) in [5.74, 6) is 0.729. The zero-order valence-electron chi connectivity index (χ0n) is 18.1. The molecule has 7 nitrogen and oxygen atoms in total. The summed E-state index contributed by atoms with van der Waals surface area (Å²) in [6.07, 6.45) is 0. The molecular weight excluding hydrogens is 489 g/mol. The van der Waals surface area contributed by atoms with Gasteiger partial charge in [0, 0.05) is 52.9 Å². The number of hydrogen-bond donors (Lipinski definition) is 2. The van der Waals surface area contributed by atoms with E-state index in [9.17, 15) is 8.42 Å². The van der Waals surface area contributed by atoms with E-state index >= 15 is 0 Å². The standard InChI is InChI=1S/C19H35N5O2S.HI/c1-15(2)24(16(3)4)13-12-21-19(20-5)22-14-17-8-10-18(11-9-17)27(25,26)23(6)7;/h8-11,15-16H,12-14H2,1-7H3,(H2,20,21,22);1H. The highest BCUT2D eigenvalue weighted by Crippen LogP contribution is 2.13. The van der Waals surface area contributed by atoms with Crippen LogP contribution in [0.25, 0.3) is 0 Å². The summed E-state index contributed by atoms with van der Waals surface area (Å²) in [7, 11) is 1.40. The Morgan fingerprint density at radius 3 is 2.00 bits per heavy atom. The van der Waals surface area contributed by atoms with Crippen LogP contribution in [0.4, 0.5) is 0 Å². The van der Waals surface area contributed by atoms with Crippen LogP contribution in [0.3, 0.4) is 0 Å². The summed E-state index contributed by atoms with van der Waals surface area (Å²) in [5, 5.41) is 6.58. The Labute approximate surface area is 188 Å². The largest absolute Gasteiger partial charge is 0.355 e. The van der Waals surface area contributed by atoms with Gasteiger partial charge in [-0.25, -0.2) is 12.7 Å². The van der Waals surface area contributed by atoms with E-state index in [2.05, 4.69) is 48.2 Å². The predicted molar refractivity (Wildman–Crippen MR) is 128 cm³/mol. The molecule has 0 bridgehead atoms. The molecule has 0 spiro atoms. The lowest BCUT2D eigenvalue weighted by molar-refractivity contribution is 0.178. The quantitative estimate of drug-likeness (QED) is 0.294. The molecule has 0 unspecified atom stereocenters. The van der Waals surface area contributed by atoms with Crippen LogP contribution in [0.2, 0.25) is 0 Å². The lowest BCUT2D eigenvalue weighted by atomic mass is 10.2. The van der Waals surface area contributed by atoms with Gasteiger partial charge >= 0.3 is 0 Å². The molecular formula is C19H36IN5O2S. The lowest BCUT2D eigenvalue weighted by Gasteiger charge is -2.30. The molecule has 0 radical (unpaired) electrons. The minimum atomic E-state index is -3.39. The topological polar surface area (TPSA) is 77.0 Å². The molecule has 1 aromatic carbocycles. The fraction of sp³-hybridized carbons (Fsp3) is 0.632. The summed E-state index contributed by atoms with van der Waals surface area (Å²) in [6, 6.07) is 7.89. The van der Waals surface area contributed by atoms with Crippen LogP contribution < -0.4 is 10.6 Å². The molecule has 0 saturated carbocycles. The number of nitrogens with one attached hydrogen (secondary N) is 2. The molecule has 0 fully saturated rings. The van der Waals surface area contributed by atoms with E-state index in [0.717, 1.165) is 24.6 Å². The van der Waals surface area contributed by atoms with Gasteiger partial charge in [0.1, 0.15) is 0 Å². The number of guanidine groups is 1. The third kappa shape index (κ3) is 8.22. The van der Waals surface area contributed by atoms with Gasteiger partial charge in [0.05, 0.1) is 4.90 Å². The molecule has 0 aliphatic carbocycles. The maximum atomic E-state index is 12.1. The van der Waals surface area contributed by atoms with Crippen molar-refractivity contribution in [3.8, 4) is 0 Å². The van der Waals surface area contributed by atoms with Crippen molar-refractivity contribution in [2.75, 3.05) is 34.2 Å². The van der Waals surface area contributed by atoms with Crippen molar-refractivity contribution in [3.05, 3.63) is 29.8 Å². The number of halogens is 1. The Morgan fingerprint density at radius 2 is 1.57 bits per heavy atom. The Balaban J connectivity index is 0.00000729. The summed E-state index contributed by atoms with van der Waals surface area (Å²) in [4.78, 5) is 6.96. The average Bonchev–Trinajstić information content (AvgIpc) is 2.60. The zero-order valence-corrected chi connectivity index (χ0v) is 21.2. The molecule has 2 N–H and O–H groups in total. The first-order valence-corrected chi connectivity index (χ1v) is 10.7. The van der Waals surface area contributed by atoms with Gasteiger partial charge in [0.15, 0.2) is 5.96 Å². The predicted octanol–water partition coefficient (Wildman–Crippen LogP) is 2.34. The van der Waals surface area contributed by atoms with Crippen LogP contribution in [-0.4, -0.2) is 69.9 Å². The molecule has 0 aliphatic rings. The lowest BCUT2D eigenvalue weighted by Crippen LogP contribution is -2.45. The van der Waals surface area contributed by atoms with E-state index in [-0.39, 0.29) is 24.0 Å². The minimum Gasteiger partial charge on any atom is -0.355 e. The van der Waals surface area contributed by atoms with E-state index in [4.69, 9.17) is 0 Å². The normalized spacial score (nSPS) is 12.6. The van der Waals surface area contributed by atoms with Crippen molar-refractivity contribution in [1.82, 2.24) is 19.8 Å². The highest BCUT2D eigenvalue weighted by molar-refractivity contribution is 14.0. The van der Waals surface area contributed by atoms with E-state index < -0.39 is 10.0 Å². The third-order valence-corrected chi connectivity index (χ3v) is 6.20. The Hall–Kier alpha value is -0.910. The monoisotopic (exact) mass is 525 g/mol. The van der Waals surface area contributed by atoms with Crippen LogP contribution in [0.1, 0.15) is 33.3 Å². The first-order valence-electron chi connectivity index (χ1n) is 9.31. The molecule has 162 valence electrons. The van der Waals surface area contributed by atoms with Crippen LogP contribution in [-0.2, 0) is 16.6 Å². The first kappa shape index (κ1) is 27.1. The van der Waals surface area contributed by atoms with Gasteiger partial charge in [-0.05, 0) is 45.4 Å². The second-order valence-electron chi connectivity index (χ2n) is 7.21. The highest BCUT2D eigenvalue weighted by atomic mass is 127. The van der Waals surface area contributed by atoms with Crippen LogP contribution in [0, 0.1) is 0 Å². The van der Waals surface area contributed by atoms with Gasteiger partial charge < -0.3 is 10.6 Å². The van der Waals surface area contributed by atoms with Crippen LogP contribution in [0.5, 0.6) is 0 Å². The maximum Gasteiger partial charge on any atom is 0.242 e. The van der Waals surface area contributed by atoms with Crippen molar-refractivity contribution in [1.29, 1.82) is 0 Å². The van der Waals surface area contributed by atoms with E-state index in [1.807, 2.05) is 12.1 Å². The molecule has 0 heterocycles. The second kappa shape index (κ2) is 12.6. The molecule has 0 saturated heterocycles. The Morgan fingerprint density at radius 1 is 1.04 bits per heavy atom. The first-order chi connectivity index (χ1) is 12.6. The van der Waals surface area contributed by atoms with Gasteiger partial charge in [-0.2, -0.15) is 0 Å². The van der Waals surface area contributed by atoms with Crippen LogP contribution >= 0.6 is 24.0 Å². The average molecular weight is 526 g/mol. The Bertz CT molecular complexity index is 696. The van der Waals surface area contributed by atoms with Gasteiger partial charge in [-0.1, -0.05) is 12.1 Å². The number of hydrogen-bond acceptors (Lipinski definition) is 4. The van der Waals surface area contributed by atoms with Crippen LogP contribution in [0.15, 0.2) is 34.2 Å². The molecule has 9 heteroatoms. The summed E-state index contributed by atoms with van der Waals surface area (Å²) < 4.78 is 25.4. The highest BCUT2D eigenvalue weighted by Gasteiger charge is 2.16. The Kier molecular flexibility index (Phi) is 12.2. The second-order valence-corrected chi connectivity index (χ2v) is 9.36. The fourth-order valence-corrected chi connectivity index (χ4v) is 3.71.